The van der Waals surface area contributed by atoms with Gasteiger partial charge in [0, 0.05) is 12.6 Å². The van der Waals surface area contributed by atoms with Gasteiger partial charge in [-0.2, -0.15) is 0 Å². The Hall–Kier alpha value is -1.72. The Kier molecular flexibility index (Phi) is 8.72. The molecule has 23 heavy (non-hydrogen) atoms. The molecule has 0 spiro atoms. The van der Waals surface area contributed by atoms with Gasteiger partial charge in [0.2, 0.25) is 0 Å². The largest absolute Gasteiger partial charge is 0.444 e. The number of hydrogen-bond donors (Lipinski definition) is 2. The number of unbranched alkanes of at least 4 members (excludes halogenated alkanes) is 1. The number of amides is 2. The van der Waals surface area contributed by atoms with E-state index in [0.717, 1.165) is 12.8 Å². The molecular formula is C17H32N2O4. The van der Waals surface area contributed by atoms with Gasteiger partial charge in [0.15, 0.2) is 0 Å². The van der Waals surface area contributed by atoms with Crippen LogP contribution in [0.5, 0.6) is 0 Å². The molecule has 0 rings (SSSR count). The second-order valence-corrected chi connectivity index (χ2v) is 7.45. The number of allylic oxidation sites excluding steroid dienone is 1. The van der Waals surface area contributed by atoms with Crippen LogP contribution in [-0.4, -0.2) is 36.0 Å². The second kappa shape index (κ2) is 9.43. The molecule has 0 aliphatic rings. The molecule has 2 amide bonds. The van der Waals surface area contributed by atoms with Gasteiger partial charge in [0.05, 0.1) is 0 Å². The fraction of sp³-hybridized carbons (Fsp3) is 0.765. The van der Waals surface area contributed by atoms with Crippen LogP contribution in [-0.2, 0) is 9.47 Å². The molecule has 0 aromatic rings. The van der Waals surface area contributed by atoms with Gasteiger partial charge in [-0.3, -0.25) is 0 Å². The summed E-state index contributed by atoms with van der Waals surface area (Å²) < 4.78 is 10.4. The summed E-state index contributed by atoms with van der Waals surface area (Å²) in [7, 11) is 0. The van der Waals surface area contributed by atoms with E-state index in [4.69, 9.17) is 9.47 Å². The zero-order valence-electron chi connectivity index (χ0n) is 15.3. The maximum Gasteiger partial charge on any atom is 0.407 e. The number of rotatable bonds is 7. The lowest BCUT2D eigenvalue weighted by molar-refractivity contribution is 0.0460. The molecule has 0 heterocycles. The maximum atomic E-state index is 11.9. The van der Waals surface area contributed by atoms with Gasteiger partial charge in [-0.05, 0) is 60.8 Å². The van der Waals surface area contributed by atoms with Crippen molar-refractivity contribution in [3.63, 3.8) is 0 Å². The van der Waals surface area contributed by atoms with Crippen molar-refractivity contribution in [2.45, 2.75) is 78.0 Å². The second-order valence-electron chi connectivity index (χ2n) is 7.45. The van der Waals surface area contributed by atoms with Crippen molar-refractivity contribution < 1.29 is 19.1 Å². The first-order valence-electron chi connectivity index (χ1n) is 8.00. The molecule has 0 radical (unpaired) electrons. The predicted molar refractivity (Wildman–Crippen MR) is 91.4 cm³/mol. The Balaban J connectivity index is 4.47. The number of carbonyl (C=O) groups is 2. The highest BCUT2D eigenvalue weighted by Gasteiger charge is 2.21. The highest BCUT2D eigenvalue weighted by atomic mass is 16.6. The van der Waals surface area contributed by atoms with E-state index in [1.165, 1.54) is 0 Å². The monoisotopic (exact) mass is 328 g/mol. The van der Waals surface area contributed by atoms with Gasteiger partial charge in [0.1, 0.15) is 11.2 Å². The molecule has 2 N–H and O–H groups in total. The maximum absolute atomic E-state index is 11.9. The van der Waals surface area contributed by atoms with Crippen molar-refractivity contribution in [1.29, 1.82) is 0 Å². The minimum absolute atomic E-state index is 0.225. The third kappa shape index (κ3) is 13.7. The standard InChI is InChI=1S/C17H32N2O4/c1-8-9-10-11-13(19-15(21)23-17(5,6)7)12-18-14(20)22-16(2,3)4/h8,13H,1,9-12H2,2-7H3,(H,18,20)(H,19,21). The van der Waals surface area contributed by atoms with E-state index >= 15 is 0 Å². The van der Waals surface area contributed by atoms with Crippen LogP contribution in [0, 0.1) is 0 Å². The van der Waals surface area contributed by atoms with E-state index in [9.17, 15) is 9.59 Å². The van der Waals surface area contributed by atoms with Crippen molar-refractivity contribution in [3.05, 3.63) is 12.7 Å². The van der Waals surface area contributed by atoms with Crippen LogP contribution in [0.1, 0.15) is 60.8 Å². The number of ether oxygens (including phenoxy) is 2. The molecule has 134 valence electrons. The van der Waals surface area contributed by atoms with Crippen molar-refractivity contribution in [2.75, 3.05) is 6.54 Å². The van der Waals surface area contributed by atoms with E-state index < -0.39 is 23.4 Å². The lowest BCUT2D eigenvalue weighted by atomic mass is 10.1. The Labute approximate surface area is 140 Å². The van der Waals surface area contributed by atoms with E-state index in [1.54, 1.807) is 41.5 Å². The zero-order chi connectivity index (χ0) is 18.1. The van der Waals surface area contributed by atoms with Crippen molar-refractivity contribution in [3.8, 4) is 0 Å². The third-order valence-corrected chi connectivity index (χ3v) is 2.57. The summed E-state index contributed by atoms with van der Waals surface area (Å²) in [5, 5.41) is 5.46. The molecule has 6 heteroatoms. The molecule has 0 fully saturated rings. The molecule has 0 aromatic heterocycles. The first-order chi connectivity index (χ1) is 10.4. The highest BCUT2D eigenvalue weighted by molar-refractivity contribution is 5.69. The van der Waals surface area contributed by atoms with E-state index in [0.29, 0.717) is 6.42 Å². The summed E-state index contributed by atoms with van der Waals surface area (Å²) >= 11 is 0. The Morgan fingerprint density at radius 2 is 1.57 bits per heavy atom. The molecule has 1 unspecified atom stereocenters. The van der Waals surface area contributed by atoms with Crippen LogP contribution in [0.15, 0.2) is 12.7 Å². The molecule has 0 aliphatic heterocycles. The molecule has 0 saturated heterocycles. The van der Waals surface area contributed by atoms with Crippen LogP contribution < -0.4 is 10.6 Å². The SMILES string of the molecule is C=CCCCC(CNC(=O)OC(C)(C)C)NC(=O)OC(C)(C)C. The van der Waals surface area contributed by atoms with Crippen molar-refractivity contribution >= 4 is 12.2 Å². The van der Waals surface area contributed by atoms with Crippen LogP contribution in [0.3, 0.4) is 0 Å². The molecule has 0 saturated carbocycles. The van der Waals surface area contributed by atoms with Crippen LogP contribution in [0.2, 0.25) is 0 Å². The van der Waals surface area contributed by atoms with Crippen molar-refractivity contribution in [2.24, 2.45) is 0 Å². The Bertz CT molecular complexity index is 394. The molecule has 1 atom stereocenters. The number of hydrogen-bond acceptors (Lipinski definition) is 4. The van der Waals surface area contributed by atoms with Gasteiger partial charge in [0.25, 0.3) is 0 Å². The van der Waals surface area contributed by atoms with Gasteiger partial charge in [-0.1, -0.05) is 6.08 Å². The van der Waals surface area contributed by atoms with Gasteiger partial charge in [-0.25, -0.2) is 9.59 Å². The van der Waals surface area contributed by atoms with Crippen LogP contribution >= 0.6 is 0 Å². The van der Waals surface area contributed by atoms with Gasteiger partial charge in [-0.15, -0.1) is 6.58 Å². The fourth-order valence-electron chi connectivity index (χ4n) is 1.73. The van der Waals surface area contributed by atoms with E-state index in [-0.39, 0.29) is 12.6 Å². The Morgan fingerprint density at radius 1 is 1.04 bits per heavy atom. The average molecular weight is 328 g/mol. The lowest BCUT2D eigenvalue weighted by Crippen LogP contribution is -2.46. The minimum Gasteiger partial charge on any atom is -0.444 e. The topological polar surface area (TPSA) is 76.7 Å². The summed E-state index contributed by atoms with van der Waals surface area (Å²) in [6.45, 7) is 14.8. The van der Waals surface area contributed by atoms with Gasteiger partial charge < -0.3 is 20.1 Å². The summed E-state index contributed by atoms with van der Waals surface area (Å²) in [6, 6.07) is -0.225. The summed E-state index contributed by atoms with van der Waals surface area (Å²) in [5.74, 6) is 0. The Morgan fingerprint density at radius 3 is 2.04 bits per heavy atom. The fourth-order valence-corrected chi connectivity index (χ4v) is 1.73. The number of nitrogens with one attached hydrogen (secondary N) is 2. The highest BCUT2D eigenvalue weighted by Crippen LogP contribution is 2.09. The summed E-state index contributed by atoms with van der Waals surface area (Å²) in [5.41, 5.74) is -1.12. The van der Waals surface area contributed by atoms with Crippen LogP contribution in [0.4, 0.5) is 9.59 Å². The number of alkyl carbamates (subject to hydrolysis) is 2. The molecule has 0 bridgehead atoms. The number of carbonyl (C=O) groups excluding carboxylic acids is 2. The molecule has 0 aromatic carbocycles. The first-order valence-corrected chi connectivity index (χ1v) is 8.00. The lowest BCUT2D eigenvalue weighted by Gasteiger charge is -2.25. The minimum atomic E-state index is -0.561. The molecule has 0 aliphatic carbocycles. The smallest absolute Gasteiger partial charge is 0.407 e. The van der Waals surface area contributed by atoms with E-state index in [2.05, 4.69) is 17.2 Å². The third-order valence-electron chi connectivity index (χ3n) is 2.57. The normalized spacial score (nSPS) is 13.0. The quantitative estimate of drug-likeness (QED) is 0.551. The van der Waals surface area contributed by atoms with E-state index in [1.807, 2.05) is 6.08 Å². The molecular weight excluding hydrogens is 296 g/mol. The summed E-state index contributed by atoms with van der Waals surface area (Å²) in [6.07, 6.45) is 3.25. The first kappa shape index (κ1) is 21.3. The average Bonchev–Trinajstić information content (AvgIpc) is 2.31. The molecule has 6 nitrogen and oxygen atoms in total. The predicted octanol–water partition coefficient (Wildman–Crippen LogP) is 3.76. The van der Waals surface area contributed by atoms with Crippen LogP contribution in [0.25, 0.3) is 0 Å². The van der Waals surface area contributed by atoms with Crippen molar-refractivity contribution in [1.82, 2.24) is 10.6 Å². The summed E-state index contributed by atoms with van der Waals surface area (Å²) in [4.78, 5) is 23.6. The van der Waals surface area contributed by atoms with Gasteiger partial charge >= 0.3 is 12.2 Å². The zero-order valence-corrected chi connectivity index (χ0v) is 15.3.